The van der Waals surface area contributed by atoms with Crippen molar-refractivity contribution in [2.24, 2.45) is 0 Å². The van der Waals surface area contributed by atoms with Gasteiger partial charge in [0.1, 0.15) is 12.4 Å². The molecule has 1 aromatic heterocycles. The standard InChI is InChI=1S/C21H20ClNO2S/c1-3-16-6-4-5-7-19(16)23-21(24)20-11-15(13-26-20)12-25-17-8-9-18(22)14(2)10-17/h4-11,13H,3,12H2,1-2H3,(H,23,24). The lowest BCUT2D eigenvalue weighted by Crippen LogP contribution is -2.11. The van der Waals surface area contributed by atoms with Crippen molar-refractivity contribution >= 4 is 34.5 Å². The van der Waals surface area contributed by atoms with E-state index in [0.29, 0.717) is 11.5 Å². The van der Waals surface area contributed by atoms with Crippen LogP contribution in [0.1, 0.15) is 33.3 Å². The van der Waals surface area contributed by atoms with Gasteiger partial charge in [0.2, 0.25) is 0 Å². The van der Waals surface area contributed by atoms with Crippen molar-refractivity contribution in [2.45, 2.75) is 26.9 Å². The predicted molar refractivity (Wildman–Crippen MR) is 109 cm³/mol. The number of para-hydroxylation sites is 1. The van der Waals surface area contributed by atoms with Crippen molar-refractivity contribution in [2.75, 3.05) is 5.32 Å². The lowest BCUT2D eigenvalue weighted by atomic mass is 10.1. The lowest BCUT2D eigenvalue weighted by molar-refractivity contribution is 0.103. The number of halogens is 1. The molecule has 5 heteroatoms. The first kappa shape index (κ1) is 18.5. The monoisotopic (exact) mass is 385 g/mol. The number of nitrogens with one attached hydrogen (secondary N) is 1. The molecule has 0 unspecified atom stereocenters. The largest absolute Gasteiger partial charge is 0.489 e. The van der Waals surface area contributed by atoms with Crippen LogP contribution in [0.4, 0.5) is 5.69 Å². The second-order valence-corrected chi connectivity index (χ2v) is 7.30. The number of benzene rings is 2. The molecule has 0 saturated carbocycles. The maximum absolute atomic E-state index is 12.5. The quantitative estimate of drug-likeness (QED) is 0.556. The Hall–Kier alpha value is -2.30. The fraction of sp³-hybridized carbons (Fsp3) is 0.190. The first-order valence-electron chi connectivity index (χ1n) is 8.42. The minimum Gasteiger partial charge on any atom is -0.489 e. The maximum atomic E-state index is 12.5. The number of carbonyl (C=O) groups excluding carboxylic acids is 1. The molecule has 26 heavy (non-hydrogen) atoms. The van der Waals surface area contributed by atoms with Gasteiger partial charge in [-0.3, -0.25) is 4.79 Å². The Morgan fingerprint density at radius 1 is 1.19 bits per heavy atom. The van der Waals surface area contributed by atoms with Crippen LogP contribution < -0.4 is 10.1 Å². The molecule has 2 aromatic carbocycles. The van der Waals surface area contributed by atoms with E-state index >= 15 is 0 Å². The number of hydrogen-bond acceptors (Lipinski definition) is 3. The van der Waals surface area contributed by atoms with E-state index in [1.54, 1.807) is 0 Å². The zero-order chi connectivity index (χ0) is 18.5. The third-order valence-corrected chi connectivity index (χ3v) is 5.46. The summed E-state index contributed by atoms with van der Waals surface area (Å²) in [6.07, 6.45) is 0.875. The molecule has 3 aromatic rings. The second kappa shape index (κ2) is 8.39. The van der Waals surface area contributed by atoms with Crippen molar-refractivity contribution in [3.63, 3.8) is 0 Å². The molecular weight excluding hydrogens is 366 g/mol. The van der Waals surface area contributed by atoms with Crippen LogP contribution in [0.2, 0.25) is 5.02 Å². The Labute approximate surface area is 162 Å². The highest BCUT2D eigenvalue weighted by atomic mass is 35.5. The number of anilines is 1. The highest BCUT2D eigenvalue weighted by Crippen LogP contribution is 2.24. The molecule has 0 radical (unpaired) electrons. The summed E-state index contributed by atoms with van der Waals surface area (Å²) >= 11 is 7.44. The first-order chi connectivity index (χ1) is 12.6. The number of aryl methyl sites for hydroxylation is 2. The molecule has 0 spiro atoms. The van der Waals surface area contributed by atoms with Crippen molar-refractivity contribution < 1.29 is 9.53 Å². The van der Waals surface area contributed by atoms with Crippen LogP contribution in [-0.4, -0.2) is 5.91 Å². The van der Waals surface area contributed by atoms with Gasteiger partial charge in [0.05, 0.1) is 4.88 Å². The average Bonchev–Trinajstić information content (AvgIpc) is 3.12. The van der Waals surface area contributed by atoms with Crippen LogP contribution in [0.3, 0.4) is 0 Å². The Kier molecular flexibility index (Phi) is 5.96. The summed E-state index contributed by atoms with van der Waals surface area (Å²) in [5, 5.41) is 5.66. The summed E-state index contributed by atoms with van der Waals surface area (Å²) in [5.41, 5.74) is 3.93. The molecule has 0 fully saturated rings. The van der Waals surface area contributed by atoms with Crippen LogP contribution in [0, 0.1) is 6.92 Å². The number of amides is 1. The molecule has 1 amide bonds. The summed E-state index contributed by atoms with van der Waals surface area (Å²) in [4.78, 5) is 13.2. The van der Waals surface area contributed by atoms with Crippen LogP contribution in [0.15, 0.2) is 53.9 Å². The number of carbonyl (C=O) groups is 1. The summed E-state index contributed by atoms with van der Waals surface area (Å²) in [6, 6.07) is 15.3. The summed E-state index contributed by atoms with van der Waals surface area (Å²) in [6.45, 7) is 4.43. The average molecular weight is 386 g/mol. The molecule has 134 valence electrons. The van der Waals surface area contributed by atoms with Crippen LogP contribution >= 0.6 is 22.9 Å². The molecule has 0 aliphatic heterocycles. The van der Waals surface area contributed by atoms with Crippen molar-refractivity contribution in [1.82, 2.24) is 0 Å². The minimum atomic E-state index is -0.0931. The zero-order valence-electron chi connectivity index (χ0n) is 14.7. The highest BCUT2D eigenvalue weighted by molar-refractivity contribution is 7.12. The van der Waals surface area contributed by atoms with Gasteiger partial charge in [-0.25, -0.2) is 0 Å². The summed E-state index contributed by atoms with van der Waals surface area (Å²) < 4.78 is 5.79. The van der Waals surface area contributed by atoms with Crippen molar-refractivity contribution in [3.8, 4) is 5.75 Å². The Morgan fingerprint density at radius 3 is 2.77 bits per heavy atom. The van der Waals surface area contributed by atoms with E-state index in [9.17, 15) is 4.79 Å². The molecule has 1 heterocycles. The molecule has 3 rings (SSSR count). The zero-order valence-corrected chi connectivity index (χ0v) is 16.3. The van der Waals surface area contributed by atoms with Gasteiger partial charge in [-0.1, -0.05) is 36.7 Å². The van der Waals surface area contributed by atoms with Crippen LogP contribution in [0.25, 0.3) is 0 Å². The van der Waals surface area contributed by atoms with E-state index in [2.05, 4.69) is 12.2 Å². The van der Waals surface area contributed by atoms with Gasteiger partial charge in [0.15, 0.2) is 0 Å². The molecule has 0 bridgehead atoms. The molecule has 0 atom stereocenters. The third kappa shape index (κ3) is 4.45. The molecule has 1 N–H and O–H groups in total. The lowest BCUT2D eigenvalue weighted by Gasteiger charge is -2.08. The molecule has 3 nitrogen and oxygen atoms in total. The number of ether oxygens (including phenoxy) is 1. The molecular formula is C21H20ClNO2S. The van der Waals surface area contributed by atoms with Crippen LogP contribution in [0.5, 0.6) is 5.75 Å². The minimum absolute atomic E-state index is 0.0931. The SMILES string of the molecule is CCc1ccccc1NC(=O)c1cc(COc2ccc(Cl)c(C)c2)cs1. The van der Waals surface area contributed by atoms with Gasteiger partial charge in [-0.15, -0.1) is 11.3 Å². The molecule has 0 aliphatic rings. The van der Waals surface area contributed by atoms with Gasteiger partial charge in [-0.05, 0) is 60.2 Å². The third-order valence-electron chi connectivity index (χ3n) is 4.06. The van der Waals surface area contributed by atoms with E-state index in [1.807, 2.05) is 60.8 Å². The Balaban J connectivity index is 1.63. The van der Waals surface area contributed by atoms with E-state index in [4.69, 9.17) is 16.3 Å². The summed E-state index contributed by atoms with van der Waals surface area (Å²) in [5.74, 6) is 0.672. The van der Waals surface area contributed by atoms with Gasteiger partial charge in [-0.2, -0.15) is 0 Å². The number of hydrogen-bond donors (Lipinski definition) is 1. The van der Waals surface area contributed by atoms with Gasteiger partial charge >= 0.3 is 0 Å². The number of rotatable bonds is 6. The predicted octanol–water partition coefficient (Wildman–Crippen LogP) is 6.10. The van der Waals surface area contributed by atoms with E-state index in [-0.39, 0.29) is 5.91 Å². The maximum Gasteiger partial charge on any atom is 0.265 e. The topological polar surface area (TPSA) is 38.3 Å². The van der Waals surface area contributed by atoms with Gasteiger partial charge < -0.3 is 10.1 Å². The fourth-order valence-electron chi connectivity index (χ4n) is 2.58. The van der Waals surface area contributed by atoms with Gasteiger partial charge in [0.25, 0.3) is 5.91 Å². The Bertz CT molecular complexity index is 920. The van der Waals surface area contributed by atoms with E-state index in [0.717, 1.165) is 39.6 Å². The van der Waals surface area contributed by atoms with Crippen LogP contribution in [-0.2, 0) is 13.0 Å². The highest BCUT2D eigenvalue weighted by Gasteiger charge is 2.11. The van der Waals surface area contributed by atoms with E-state index < -0.39 is 0 Å². The Morgan fingerprint density at radius 2 is 2.00 bits per heavy atom. The van der Waals surface area contributed by atoms with Crippen molar-refractivity contribution in [3.05, 3.63) is 80.5 Å². The number of thiophene rings is 1. The van der Waals surface area contributed by atoms with E-state index in [1.165, 1.54) is 11.3 Å². The summed E-state index contributed by atoms with van der Waals surface area (Å²) in [7, 11) is 0. The van der Waals surface area contributed by atoms with Crippen molar-refractivity contribution in [1.29, 1.82) is 0 Å². The second-order valence-electron chi connectivity index (χ2n) is 5.98. The smallest absolute Gasteiger partial charge is 0.265 e. The first-order valence-corrected chi connectivity index (χ1v) is 9.68. The fourth-order valence-corrected chi connectivity index (χ4v) is 3.49. The molecule has 0 aliphatic carbocycles. The normalized spacial score (nSPS) is 10.6. The van der Waals surface area contributed by atoms with Gasteiger partial charge in [0, 0.05) is 16.3 Å². The molecule has 0 saturated heterocycles.